The van der Waals surface area contributed by atoms with Crippen LogP contribution < -0.4 is 10.2 Å². The van der Waals surface area contributed by atoms with Gasteiger partial charge >= 0.3 is 0 Å². The number of hydrogen-bond donors (Lipinski definition) is 1. The molecular weight excluding hydrogens is 233 g/mol. The van der Waals surface area contributed by atoms with E-state index in [0.717, 1.165) is 31.2 Å². The van der Waals surface area contributed by atoms with Crippen LogP contribution in [0, 0.1) is 5.92 Å². The second-order valence-corrected chi connectivity index (χ2v) is 4.87. The summed E-state index contributed by atoms with van der Waals surface area (Å²) in [5.41, 5.74) is 1.08. The van der Waals surface area contributed by atoms with Gasteiger partial charge in [-0.1, -0.05) is 23.2 Å². The fraction of sp³-hybridized carbons (Fsp3) is 0.500. The Kier molecular flexibility index (Phi) is 2.27. The van der Waals surface area contributed by atoms with Crippen LogP contribution in [0.2, 0.25) is 10.2 Å². The van der Waals surface area contributed by atoms with Crippen LogP contribution in [0.4, 0.5) is 5.69 Å². The summed E-state index contributed by atoms with van der Waals surface area (Å²) in [4.78, 5) is 6.40. The molecule has 2 aliphatic rings. The quantitative estimate of drug-likeness (QED) is 0.763. The Morgan fingerprint density at radius 2 is 2.27 bits per heavy atom. The smallest absolute Gasteiger partial charge is 0.147 e. The van der Waals surface area contributed by atoms with Gasteiger partial charge in [-0.2, -0.15) is 0 Å². The first-order chi connectivity index (χ1) is 7.25. The zero-order valence-electron chi connectivity index (χ0n) is 8.08. The average Bonchev–Trinajstić information content (AvgIpc) is 2.54. The lowest BCUT2D eigenvalue weighted by molar-refractivity contribution is 0.365. The van der Waals surface area contributed by atoms with E-state index < -0.39 is 0 Å². The Labute approximate surface area is 98.4 Å². The number of fused-ring (bicyclic) bond motifs is 1. The van der Waals surface area contributed by atoms with E-state index in [4.69, 9.17) is 23.2 Å². The van der Waals surface area contributed by atoms with Gasteiger partial charge in [0, 0.05) is 31.6 Å². The zero-order chi connectivity index (χ0) is 10.4. The maximum atomic E-state index is 5.95. The van der Waals surface area contributed by atoms with E-state index in [9.17, 15) is 0 Å². The van der Waals surface area contributed by atoms with Crippen molar-refractivity contribution in [3.8, 4) is 0 Å². The standard InChI is InChI=1S/C10H11Cl2N3/c11-8-1-7(3-14-10(8)12)15-5-6-2-13-4-9(6)15/h1,3,6,9,13H,2,4-5H2/t6-,9-/m0/s1. The highest BCUT2D eigenvalue weighted by Gasteiger charge is 2.42. The molecular formula is C10H11Cl2N3. The van der Waals surface area contributed by atoms with Crippen molar-refractivity contribution in [3.63, 3.8) is 0 Å². The van der Waals surface area contributed by atoms with Crippen LogP contribution in [0.15, 0.2) is 12.3 Å². The van der Waals surface area contributed by atoms with Crippen LogP contribution in [0.3, 0.4) is 0 Å². The molecule has 2 aliphatic heterocycles. The third-order valence-corrected chi connectivity index (χ3v) is 3.94. The van der Waals surface area contributed by atoms with Crippen molar-refractivity contribution >= 4 is 28.9 Å². The van der Waals surface area contributed by atoms with Crippen LogP contribution in [-0.2, 0) is 0 Å². The number of hydrogen-bond acceptors (Lipinski definition) is 3. The normalized spacial score (nSPS) is 28.8. The molecule has 1 N–H and O–H groups in total. The molecule has 3 rings (SSSR count). The minimum absolute atomic E-state index is 0.377. The Bertz CT molecular complexity index is 396. The Morgan fingerprint density at radius 1 is 1.40 bits per heavy atom. The van der Waals surface area contributed by atoms with Crippen LogP contribution in [0.25, 0.3) is 0 Å². The summed E-state index contributed by atoms with van der Waals surface area (Å²) in [6.45, 7) is 3.29. The molecule has 3 heterocycles. The molecule has 5 heteroatoms. The van der Waals surface area contributed by atoms with Gasteiger partial charge in [0.15, 0.2) is 0 Å². The average molecular weight is 244 g/mol. The van der Waals surface area contributed by atoms with Crippen molar-refractivity contribution in [1.29, 1.82) is 0 Å². The monoisotopic (exact) mass is 243 g/mol. The topological polar surface area (TPSA) is 28.2 Å². The lowest BCUT2D eigenvalue weighted by Gasteiger charge is -2.45. The maximum Gasteiger partial charge on any atom is 0.147 e. The maximum absolute atomic E-state index is 5.95. The van der Waals surface area contributed by atoms with E-state index in [1.165, 1.54) is 0 Å². The molecule has 0 aliphatic carbocycles. The SMILES string of the molecule is Clc1cc(N2C[C@@H]3CNC[C@@H]32)cnc1Cl. The lowest BCUT2D eigenvalue weighted by atomic mass is 9.91. The van der Waals surface area contributed by atoms with Gasteiger partial charge in [0.1, 0.15) is 5.15 Å². The van der Waals surface area contributed by atoms with Crippen molar-refractivity contribution in [2.24, 2.45) is 5.92 Å². The molecule has 2 fully saturated rings. The third kappa shape index (κ3) is 1.50. The summed E-state index contributed by atoms with van der Waals surface area (Å²) < 4.78 is 0. The molecule has 0 bridgehead atoms. The first-order valence-electron chi connectivity index (χ1n) is 5.04. The molecule has 2 atom stereocenters. The van der Waals surface area contributed by atoms with Gasteiger partial charge in [0.05, 0.1) is 16.9 Å². The van der Waals surface area contributed by atoms with Gasteiger partial charge in [-0.3, -0.25) is 0 Å². The van der Waals surface area contributed by atoms with Crippen molar-refractivity contribution in [2.45, 2.75) is 6.04 Å². The first kappa shape index (κ1) is 9.70. The summed E-state index contributed by atoms with van der Waals surface area (Å²) >= 11 is 11.7. The molecule has 1 aromatic heterocycles. The predicted molar refractivity (Wildman–Crippen MR) is 61.8 cm³/mol. The predicted octanol–water partition coefficient (Wildman–Crippen LogP) is 1.80. The fourth-order valence-corrected chi connectivity index (χ4v) is 2.65. The van der Waals surface area contributed by atoms with E-state index in [1.54, 1.807) is 6.20 Å². The summed E-state index contributed by atoms with van der Waals surface area (Å²) in [7, 11) is 0. The molecule has 0 radical (unpaired) electrons. The molecule has 0 unspecified atom stereocenters. The number of aromatic nitrogens is 1. The largest absolute Gasteiger partial charge is 0.365 e. The van der Waals surface area contributed by atoms with Crippen LogP contribution >= 0.6 is 23.2 Å². The Balaban J connectivity index is 1.85. The first-order valence-corrected chi connectivity index (χ1v) is 5.79. The minimum atomic E-state index is 0.377. The molecule has 0 amide bonds. The number of pyridine rings is 1. The van der Waals surface area contributed by atoms with Crippen molar-refractivity contribution in [2.75, 3.05) is 24.5 Å². The van der Waals surface area contributed by atoms with Gasteiger partial charge in [-0.05, 0) is 6.07 Å². The highest BCUT2D eigenvalue weighted by Crippen LogP contribution is 2.34. The highest BCUT2D eigenvalue weighted by atomic mass is 35.5. The van der Waals surface area contributed by atoms with Gasteiger partial charge in [0.2, 0.25) is 0 Å². The molecule has 2 saturated heterocycles. The highest BCUT2D eigenvalue weighted by molar-refractivity contribution is 6.41. The second-order valence-electron chi connectivity index (χ2n) is 4.10. The molecule has 0 saturated carbocycles. The van der Waals surface area contributed by atoms with Crippen molar-refractivity contribution in [1.82, 2.24) is 10.3 Å². The molecule has 80 valence electrons. The van der Waals surface area contributed by atoms with Crippen LogP contribution in [0.1, 0.15) is 0 Å². The summed E-state index contributed by atoms with van der Waals surface area (Å²) in [5.74, 6) is 0.791. The molecule has 0 spiro atoms. The molecule has 3 nitrogen and oxygen atoms in total. The van der Waals surface area contributed by atoms with Crippen LogP contribution in [-0.4, -0.2) is 30.7 Å². The lowest BCUT2D eigenvalue weighted by Crippen LogP contribution is -2.55. The van der Waals surface area contributed by atoms with E-state index in [1.807, 2.05) is 6.07 Å². The van der Waals surface area contributed by atoms with Crippen LogP contribution in [0.5, 0.6) is 0 Å². The Morgan fingerprint density at radius 3 is 3.00 bits per heavy atom. The Hall–Kier alpha value is -0.510. The van der Waals surface area contributed by atoms with Gasteiger partial charge in [-0.25, -0.2) is 4.98 Å². The van der Waals surface area contributed by atoms with E-state index in [2.05, 4.69) is 15.2 Å². The molecule has 0 aromatic carbocycles. The number of rotatable bonds is 1. The number of nitrogens with zero attached hydrogens (tertiary/aromatic N) is 2. The zero-order valence-corrected chi connectivity index (χ0v) is 9.59. The number of halogens is 2. The van der Waals surface area contributed by atoms with Gasteiger partial charge in [0.25, 0.3) is 0 Å². The van der Waals surface area contributed by atoms with Crippen molar-refractivity contribution in [3.05, 3.63) is 22.4 Å². The third-order valence-electron chi connectivity index (χ3n) is 3.25. The van der Waals surface area contributed by atoms with Crippen molar-refractivity contribution < 1.29 is 0 Å². The summed E-state index contributed by atoms with van der Waals surface area (Å²) in [6, 6.07) is 2.51. The second kappa shape index (κ2) is 3.51. The van der Waals surface area contributed by atoms with E-state index in [0.29, 0.717) is 16.2 Å². The van der Waals surface area contributed by atoms with E-state index in [-0.39, 0.29) is 0 Å². The molecule has 15 heavy (non-hydrogen) atoms. The fourth-order valence-electron chi connectivity index (χ4n) is 2.39. The number of anilines is 1. The molecule has 1 aromatic rings. The summed E-state index contributed by atoms with van der Waals surface area (Å²) in [5, 5.41) is 4.30. The minimum Gasteiger partial charge on any atom is -0.365 e. The summed E-state index contributed by atoms with van der Waals surface area (Å²) in [6.07, 6.45) is 1.79. The van der Waals surface area contributed by atoms with E-state index >= 15 is 0 Å². The van der Waals surface area contributed by atoms with Gasteiger partial charge < -0.3 is 10.2 Å². The van der Waals surface area contributed by atoms with Gasteiger partial charge in [-0.15, -0.1) is 0 Å². The number of nitrogens with one attached hydrogen (secondary N) is 1.